The Morgan fingerprint density at radius 3 is 2.44 bits per heavy atom. The van der Waals surface area contributed by atoms with Crippen molar-refractivity contribution < 1.29 is 50.6 Å². The quantitative estimate of drug-likeness (QED) is 0.325. The number of hydrogen-bond acceptors (Lipinski definition) is 11. The number of rotatable bonds is 8. The van der Waals surface area contributed by atoms with E-state index in [4.69, 9.17) is 24.2 Å². The Labute approximate surface area is 343 Å². The number of alkyl halides is 2. The molecule has 1 aromatic heterocycles. The minimum Gasteiger partial charge on any atom is -0.497 e. The number of fused-ring (bicyclic) bond motifs is 6. The molecular weight excluding hydrogens is 791 g/mol. The summed E-state index contributed by atoms with van der Waals surface area (Å²) in [7, 11) is -2.70. The predicted octanol–water partition coefficient (Wildman–Crippen LogP) is 4.97. The second-order valence-corrected chi connectivity index (χ2v) is 20.7. The smallest absolute Gasteiger partial charge is 0.408 e. The third-order valence-electron chi connectivity index (χ3n) is 13.0. The fourth-order valence-electron chi connectivity index (χ4n) is 8.76. The number of sulfonamides is 1. The lowest BCUT2D eigenvalue weighted by molar-refractivity contribution is -0.144. The highest BCUT2D eigenvalue weighted by molar-refractivity contribution is 7.91. The topological polar surface area (TPSA) is 195 Å². The van der Waals surface area contributed by atoms with E-state index in [1.165, 1.54) is 11.8 Å². The molecule has 18 heteroatoms. The molecule has 3 saturated carbocycles. The van der Waals surface area contributed by atoms with Crippen LogP contribution in [0.25, 0.3) is 11.0 Å². The van der Waals surface area contributed by atoms with Crippen LogP contribution in [0.3, 0.4) is 0 Å². The number of alkyl carbamates (subject to hydrolysis) is 1. The van der Waals surface area contributed by atoms with Gasteiger partial charge in [0, 0.05) is 17.9 Å². The maximum atomic E-state index is 14.9. The van der Waals surface area contributed by atoms with Crippen LogP contribution in [0.1, 0.15) is 111 Å². The maximum absolute atomic E-state index is 14.9. The van der Waals surface area contributed by atoms with Crippen molar-refractivity contribution in [3.63, 3.8) is 0 Å². The highest BCUT2D eigenvalue weighted by Gasteiger charge is 2.68. The first-order valence-electron chi connectivity index (χ1n) is 20.7. The molecular formula is C41H56F2N6O9S. The van der Waals surface area contributed by atoms with Gasteiger partial charge in [0.2, 0.25) is 34.1 Å². The summed E-state index contributed by atoms with van der Waals surface area (Å²) in [6.07, 6.45) is -0.785. The van der Waals surface area contributed by atoms with Crippen molar-refractivity contribution in [2.45, 2.75) is 146 Å². The van der Waals surface area contributed by atoms with E-state index in [0.29, 0.717) is 47.7 Å². The van der Waals surface area contributed by atoms with Gasteiger partial charge in [-0.25, -0.2) is 32.0 Å². The van der Waals surface area contributed by atoms with E-state index in [9.17, 15) is 36.4 Å². The molecule has 2 bridgehead atoms. The highest BCUT2D eigenvalue weighted by Crippen LogP contribution is 2.53. The molecule has 4 amide bonds. The second-order valence-electron chi connectivity index (χ2n) is 18.5. The second kappa shape index (κ2) is 15.6. The average molecular weight is 847 g/mol. The number of ether oxygens (including phenoxy) is 3. The molecule has 0 radical (unpaired) electrons. The van der Waals surface area contributed by atoms with E-state index in [1.807, 2.05) is 10.8 Å². The number of halogens is 2. The minimum atomic E-state index is -4.25. The number of amides is 4. The summed E-state index contributed by atoms with van der Waals surface area (Å²) in [5, 5.41) is 5.25. The van der Waals surface area contributed by atoms with Gasteiger partial charge >= 0.3 is 6.09 Å². The normalized spacial score (nSPS) is 32.0. The van der Waals surface area contributed by atoms with E-state index >= 15 is 0 Å². The van der Waals surface area contributed by atoms with Gasteiger partial charge in [-0.3, -0.25) is 19.1 Å². The molecule has 9 atom stereocenters. The predicted molar refractivity (Wildman–Crippen MR) is 211 cm³/mol. The van der Waals surface area contributed by atoms with E-state index in [0.717, 1.165) is 25.7 Å². The summed E-state index contributed by atoms with van der Waals surface area (Å²) in [5.41, 5.74) is -1.35. The van der Waals surface area contributed by atoms with Crippen LogP contribution in [0.15, 0.2) is 18.2 Å². The van der Waals surface area contributed by atoms with Crippen molar-refractivity contribution in [2.75, 3.05) is 13.7 Å². The number of nitrogens with one attached hydrogen (secondary N) is 3. The van der Waals surface area contributed by atoms with Crippen molar-refractivity contribution >= 4 is 44.9 Å². The van der Waals surface area contributed by atoms with Crippen LogP contribution in [-0.4, -0.2) is 102 Å². The molecule has 4 fully saturated rings. The van der Waals surface area contributed by atoms with Crippen LogP contribution in [0.5, 0.6) is 11.6 Å². The number of aromatic nitrogens is 2. The van der Waals surface area contributed by atoms with Gasteiger partial charge in [0.15, 0.2) is 0 Å². The highest BCUT2D eigenvalue weighted by atomic mass is 32.2. The summed E-state index contributed by atoms with van der Waals surface area (Å²) in [4.78, 5) is 67.9. The van der Waals surface area contributed by atoms with E-state index in [1.54, 1.807) is 53.9 Å². The lowest BCUT2D eigenvalue weighted by Crippen LogP contribution is -2.61. The van der Waals surface area contributed by atoms with Crippen LogP contribution in [0.4, 0.5) is 13.6 Å². The number of methoxy groups -OCH3 is 1. The van der Waals surface area contributed by atoms with Crippen molar-refractivity contribution in [3.8, 4) is 11.6 Å². The first-order chi connectivity index (χ1) is 27.7. The van der Waals surface area contributed by atoms with Crippen LogP contribution in [-0.2, 0) is 29.1 Å². The lowest BCUT2D eigenvalue weighted by Gasteiger charge is -2.36. The molecule has 0 unspecified atom stereocenters. The zero-order valence-electron chi connectivity index (χ0n) is 34.7. The zero-order chi connectivity index (χ0) is 42.8. The van der Waals surface area contributed by atoms with Gasteiger partial charge in [0.25, 0.3) is 5.91 Å². The SMILES string of the molecule is CC[C@@H]1[C@@H]2CN(C(=O)[C@H](C(C)(C)C)NC(=O)O[C@H](C)CCCC[C@@H]3C[C@H]3c3nc4ccc(OC)cc4nc3O2)[C@@H]1C(=O)N[C@]1(C(=O)NS(=O)(=O)C2(C)CC2)C[C@H]1C(F)F. The van der Waals surface area contributed by atoms with Gasteiger partial charge in [-0.15, -0.1) is 0 Å². The largest absolute Gasteiger partial charge is 0.497 e. The Hall–Kier alpha value is -4.35. The average Bonchev–Trinajstić information content (AvgIpc) is 4.11. The van der Waals surface area contributed by atoms with E-state index in [-0.39, 0.29) is 24.8 Å². The molecule has 59 heavy (non-hydrogen) atoms. The van der Waals surface area contributed by atoms with Crippen molar-refractivity contribution in [1.82, 2.24) is 30.2 Å². The maximum Gasteiger partial charge on any atom is 0.408 e. The van der Waals surface area contributed by atoms with Crippen molar-refractivity contribution in [2.24, 2.45) is 23.2 Å². The number of carbonyl (C=O) groups excluding carboxylic acids is 4. The Morgan fingerprint density at radius 1 is 1.10 bits per heavy atom. The third kappa shape index (κ3) is 8.38. The number of hydrogen-bond donors (Lipinski definition) is 3. The van der Waals surface area contributed by atoms with Gasteiger partial charge < -0.3 is 29.7 Å². The fourth-order valence-corrected chi connectivity index (χ4v) is 10.1. The lowest BCUT2D eigenvalue weighted by atomic mass is 9.85. The molecule has 0 spiro atoms. The fraction of sp³-hybridized carbons (Fsp3) is 0.707. The van der Waals surface area contributed by atoms with Crippen LogP contribution >= 0.6 is 0 Å². The Morgan fingerprint density at radius 2 is 1.81 bits per heavy atom. The summed E-state index contributed by atoms with van der Waals surface area (Å²) in [6.45, 7) is 10.1. The van der Waals surface area contributed by atoms with Gasteiger partial charge in [-0.1, -0.05) is 34.1 Å². The number of carbonyl (C=O) groups is 4. The van der Waals surface area contributed by atoms with Gasteiger partial charge in [-0.05, 0) is 88.7 Å². The number of cyclic esters (lactones) is 1. The monoisotopic (exact) mass is 846 g/mol. The molecule has 5 aliphatic rings. The zero-order valence-corrected chi connectivity index (χ0v) is 35.5. The van der Waals surface area contributed by atoms with Gasteiger partial charge in [0.1, 0.15) is 41.3 Å². The molecule has 1 saturated heterocycles. The first kappa shape index (κ1) is 42.8. The molecule has 2 aromatic rings. The van der Waals surface area contributed by atoms with Crippen molar-refractivity contribution in [3.05, 3.63) is 23.9 Å². The first-order valence-corrected chi connectivity index (χ1v) is 22.2. The van der Waals surface area contributed by atoms with Crippen LogP contribution in [0.2, 0.25) is 0 Å². The van der Waals surface area contributed by atoms with E-state index < -0.39 is 98.5 Å². The minimum absolute atomic E-state index is 0.0413. The Bertz CT molecular complexity index is 2110. The number of nitrogens with zero attached hydrogens (tertiary/aromatic N) is 3. The van der Waals surface area contributed by atoms with Gasteiger partial charge in [0.05, 0.1) is 35.4 Å². The summed E-state index contributed by atoms with van der Waals surface area (Å²) in [6, 6.07) is 2.74. The third-order valence-corrected chi connectivity index (χ3v) is 15.2. The molecule has 15 nitrogen and oxygen atoms in total. The van der Waals surface area contributed by atoms with Gasteiger partial charge in [-0.2, -0.15) is 0 Å². The summed E-state index contributed by atoms with van der Waals surface area (Å²) >= 11 is 0. The molecule has 3 aliphatic carbocycles. The van der Waals surface area contributed by atoms with E-state index in [2.05, 4.69) is 10.6 Å². The Kier molecular flexibility index (Phi) is 11.3. The standard InChI is InChI=1S/C41H56F2N6O9S/c1-8-24-29-20-49(31(24)34(50)47-41(19-26(41)33(42)43)37(52)48-59(54,55)40(6)15-16-40)36(51)32(39(3,4)5)46-38(53)57-21(2)11-9-10-12-22-17-25(22)30-35(58-29)45-28-18-23(56-7)13-14-27(28)44-30/h13-14,18,21-22,24-26,29,31-33H,8-12,15-17,19-20H2,1-7H3,(H,46,53)(H,47,50)(H,48,52)/t21-,22-,24-,25-,26+,29+,31+,32-,41-/m1/s1. The molecule has 7 rings (SSSR count). The molecule has 324 valence electrons. The molecule has 2 aliphatic heterocycles. The summed E-state index contributed by atoms with van der Waals surface area (Å²) < 4.78 is 73.7. The number of benzene rings is 1. The molecule has 3 N–H and O–H groups in total. The molecule has 1 aromatic carbocycles. The van der Waals surface area contributed by atoms with Crippen LogP contribution < -0.4 is 24.8 Å². The van der Waals surface area contributed by atoms with Crippen LogP contribution in [0, 0.1) is 23.2 Å². The van der Waals surface area contributed by atoms with Crippen molar-refractivity contribution in [1.29, 1.82) is 0 Å². The Balaban J connectivity index is 1.29. The molecule has 3 heterocycles. The summed E-state index contributed by atoms with van der Waals surface area (Å²) in [5.74, 6) is -4.14.